The summed E-state index contributed by atoms with van der Waals surface area (Å²) in [6.07, 6.45) is 3.57. The summed E-state index contributed by atoms with van der Waals surface area (Å²) in [4.78, 5) is 19.4. The lowest BCUT2D eigenvalue weighted by Crippen LogP contribution is -2.00. The molecule has 5 nitrogen and oxygen atoms in total. The summed E-state index contributed by atoms with van der Waals surface area (Å²) in [6, 6.07) is 46.6. The molecule has 0 fully saturated rings. The summed E-state index contributed by atoms with van der Waals surface area (Å²) >= 11 is 0. The second-order valence-electron chi connectivity index (χ2n) is 11.9. The van der Waals surface area contributed by atoms with Gasteiger partial charge in [-0.15, -0.1) is 0 Å². The summed E-state index contributed by atoms with van der Waals surface area (Å²) < 4.78 is 6.26. The summed E-state index contributed by atoms with van der Waals surface area (Å²) in [6.45, 7) is 0. The van der Waals surface area contributed by atoms with Crippen molar-refractivity contribution in [3.05, 3.63) is 146 Å². The summed E-state index contributed by atoms with van der Waals surface area (Å²) in [5.41, 5.74) is 4.43. The predicted molar refractivity (Wildman–Crippen MR) is 191 cm³/mol. The van der Waals surface area contributed by atoms with Crippen molar-refractivity contribution in [3.63, 3.8) is 0 Å². The van der Waals surface area contributed by atoms with E-state index in [-0.39, 0.29) is 0 Å². The maximum atomic E-state index is 6.26. The van der Waals surface area contributed by atoms with Crippen LogP contribution >= 0.6 is 0 Å². The van der Waals surface area contributed by atoms with Gasteiger partial charge in [0.1, 0.15) is 5.58 Å². The Hall–Kier alpha value is -6.46. The third kappa shape index (κ3) is 4.17. The molecular weight excluding hydrogens is 576 g/mol. The van der Waals surface area contributed by atoms with E-state index in [0.29, 0.717) is 17.5 Å². The van der Waals surface area contributed by atoms with Crippen molar-refractivity contribution in [2.75, 3.05) is 0 Å². The highest BCUT2D eigenvalue weighted by atomic mass is 16.3. The summed E-state index contributed by atoms with van der Waals surface area (Å²) in [7, 11) is 0. The molecule has 0 bridgehead atoms. The average Bonchev–Trinajstić information content (AvgIpc) is 3.53. The van der Waals surface area contributed by atoms with Crippen molar-refractivity contribution in [2.45, 2.75) is 0 Å². The van der Waals surface area contributed by atoms with Gasteiger partial charge in [0.15, 0.2) is 23.1 Å². The number of pyridine rings is 1. The van der Waals surface area contributed by atoms with Crippen LogP contribution in [0.15, 0.2) is 150 Å². The van der Waals surface area contributed by atoms with Crippen LogP contribution in [-0.4, -0.2) is 19.9 Å². The highest BCUT2D eigenvalue weighted by molar-refractivity contribution is 6.15. The molecule has 5 heteroatoms. The second kappa shape index (κ2) is 10.0. The number of hydrogen-bond donors (Lipinski definition) is 0. The number of benzene rings is 7. The molecule has 7 aromatic carbocycles. The molecule has 3 heterocycles. The van der Waals surface area contributed by atoms with Gasteiger partial charge in [-0.25, -0.2) is 15.0 Å². The Balaban J connectivity index is 1.17. The Morgan fingerprint density at radius 2 is 0.915 bits per heavy atom. The predicted octanol–water partition coefficient (Wildman–Crippen LogP) is 10.8. The molecule has 0 spiro atoms. The minimum atomic E-state index is 0.618. The van der Waals surface area contributed by atoms with Gasteiger partial charge in [0, 0.05) is 39.0 Å². The van der Waals surface area contributed by atoms with E-state index < -0.39 is 0 Å². The molecule has 10 aromatic rings. The largest absolute Gasteiger partial charge is 0.454 e. The number of aromatic nitrogens is 4. The highest BCUT2D eigenvalue weighted by Crippen LogP contribution is 2.36. The Morgan fingerprint density at radius 1 is 0.383 bits per heavy atom. The molecule has 0 atom stereocenters. The minimum Gasteiger partial charge on any atom is -0.454 e. The Morgan fingerprint density at radius 3 is 1.70 bits per heavy atom. The van der Waals surface area contributed by atoms with E-state index >= 15 is 0 Å². The number of hydrogen-bond acceptors (Lipinski definition) is 5. The van der Waals surface area contributed by atoms with E-state index in [0.717, 1.165) is 60.2 Å². The first-order valence-corrected chi connectivity index (χ1v) is 15.6. The molecule has 0 radical (unpaired) electrons. The van der Waals surface area contributed by atoms with Crippen molar-refractivity contribution in [3.8, 4) is 34.2 Å². The standard InChI is InChI=1S/C42H24N4O/c1-2-7-27-21-30(12-9-25(27)5-1)40-44-41(31-14-16-34-28(22-31)11-10-26-6-3-4-8-33(26)34)46-42(45-40)32-15-17-35-29(23-32)13-18-37-36-19-20-43-24-38(36)47-39(35)37/h1-24H. The van der Waals surface area contributed by atoms with Crippen LogP contribution in [0.25, 0.3) is 99.2 Å². The monoisotopic (exact) mass is 600 g/mol. The highest BCUT2D eigenvalue weighted by Gasteiger charge is 2.16. The van der Waals surface area contributed by atoms with Crippen LogP contribution in [0.3, 0.4) is 0 Å². The first-order valence-electron chi connectivity index (χ1n) is 15.6. The van der Waals surface area contributed by atoms with Crippen LogP contribution in [-0.2, 0) is 0 Å². The van der Waals surface area contributed by atoms with E-state index in [1.165, 1.54) is 21.5 Å². The maximum Gasteiger partial charge on any atom is 0.164 e. The fourth-order valence-corrected chi connectivity index (χ4v) is 6.80. The molecule has 218 valence electrons. The zero-order valence-corrected chi connectivity index (χ0v) is 25.1. The van der Waals surface area contributed by atoms with E-state index in [1.807, 2.05) is 6.07 Å². The zero-order valence-electron chi connectivity index (χ0n) is 25.1. The molecule has 0 aliphatic rings. The lowest BCUT2D eigenvalue weighted by molar-refractivity contribution is 0.670. The topological polar surface area (TPSA) is 64.7 Å². The molecule has 0 aliphatic heterocycles. The molecule has 0 N–H and O–H groups in total. The van der Waals surface area contributed by atoms with E-state index in [2.05, 4.69) is 132 Å². The molecule has 0 saturated heterocycles. The van der Waals surface area contributed by atoms with Gasteiger partial charge in [-0.2, -0.15) is 0 Å². The third-order valence-electron chi connectivity index (χ3n) is 9.16. The Kier molecular flexibility index (Phi) is 5.51. The lowest BCUT2D eigenvalue weighted by atomic mass is 10.00. The van der Waals surface area contributed by atoms with Crippen molar-refractivity contribution >= 4 is 65.0 Å². The van der Waals surface area contributed by atoms with Crippen LogP contribution < -0.4 is 0 Å². The van der Waals surface area contributed by atoms with Crippen molar-refractivity contribution in [1.29, 1.82) is 0 Å². The maximum absolute atomic E-state index is 6.26. The average molecular weight is 601 g/mol. The van der Waals surface area contributed by atoms with E-state index in [4.69, 9.17) is 19.4 Å². The van der Waals surface area contributed by atoms with Crippen molar-refractivity contribution < 1.29 is 4.42 Å². The summed E-state index contributed by atoms with van der Waals surface area (Å²) in [5, 5.41) is 11.3. The fraction of sp³-hybridized carbons (Fsp3) is 0. The SMILES string of the molecule is c1ccc2cc(-c3nc(-c4ccc5c(ccc6ccccc65)c4)nc(-c4ccc5c(ccc6c7ccncc7oc56)c4)n3)ccc2c1. The third-order valence-corrected chi connectivity index (χ3v) is 9.16. The first-order chi connectivity index (χ1) is 23.2. The van der Waals surface area contributed by atoms with Crippen LogP contribution in [0.4, 0.5) is 0 Å². The van der Waals surface area contributed by atoms with Crippen LogP contribution in [0, 0.1) is 0 Å². The molecule has 0 saturated carbocycles. The molecule has 0 aliphatic carbocycles. The van der Waals surface area contributed by atoms with Crippen LogP contribution in [0.2, 0.25) is 0 Å². The first kappa shape index (κ1) is 25.8. The van der Waals surface area contributed by atoms with Crippen LogP contribution in [0.1, 0.15) is 0 Å². The molecule has 10 rings (SSSR count). The second-order valence-corrected chi connectivity index (χ2v) is 11.9. The Bertz CT molecular complexity index is 2870. The van der Waals surface area contributed by atoms with Gasteiger partial charge >= 0.3 is 0 Å². The van der Waals surface area contributed by atoms with Gasteiger partial charge < -0.3 is 4.42 Å². The number of rotatable bonds is 3. The van der Waals surface area contributed by atoms with Gasteiger partial charge in [0.25, 0.3) is 0 Å². The fourth-order valence-electron chi connectivity index (χ4n) is 6.80. The molecule has 0 amide bonds. The van der Waals surface area contributed by atoms with Gasteiger partial charge in [-0.1, -0.05) is 97.1 Å². The quantitative estimate of drug-likeness (QED) is 0.189. The van der Waals surface area contributed by atoms with Gasteiger partial charge in [-0.05, 0) is 74.1 Å². The van der Waals surface area contributed by atoms with Crippen molar-refractivity contribution in [1.82, 2.24) is 19.9 Å². The Labute approximate surface area is 268 Å². The van der Waals surface area contributed by atoms with Gasteiger partial charge in [0.05, 0.1) is 6.20 Å². The molecular formula is C42H24N4O. The smallest absolute Gasteiger partial charge is 0.164 e. The van der Waals surface area contributed by atoms with Gasteiger partial charge in [-0.3, -0.25) is 4.98 Å². The molecule has 0 unspecified atom stereocenters. The summed E-state index contributed by atoms with van der Waals surface area (Å²) in [5.74, 6) is 1.89. The lowest BCUT2D eigenvalue weighted by Gasteiger charge is -2.11. The normalized spacial score (nSPS) is 11.8. The zero-order chi connectivity index (χ0) is 30.9. The number of fused-ring (bicyclic) bond motifs is 9. The van der Waals surface area contributed by atoms with E-state index in [1.54, 1.807) is 12.4 Å². The van der Waals surface area contributed by atoms with E-state index in [9.17, 15) is 0 Å². The van der Waals surface area contributed by atoms with Crippen LogP contribution in [0.5, 0.6) is 0 Å². The molecule has 47 heavy (non-hydrogen) atoms. The van der Waals surface area contributed by atoms with Gasteiger partial charge in [0.2, 0.25) is 0 Å². The number of furan rings is 1. The number of nitrogens with zero attached hydrogens (tertiary/aromatic N) is 4. The van der Waals surface area contributed by atoms with Crippen molar-refractivity contribution in [2.24, 2.45) is 0 Å². The minimum absolute atomic E-state index is 0.618. The molecule has 3 aromatic heterocycles.